The molecule has 1 saturated heterocycles. The largest absolute Gasteiger partial charge is 0.458 e. The van der Waals surface area contributed by atoms with Crippen LogP contribution in [0.4, 0.5) is 0 Å². The van der Waals surface area contributed by atoms with E-state index in [-0.39, 0.29) is 0 Å². The summed E-state index contributed by atoms with van der Waals surface area (Å²) in [6, 6.07) is 1.08. The van der Waals surface area contributed by atoms with Gasteiger partial charge in [0.2, 0.25) is 0 Å². The number of rotatable bonds is 4. The Morgan fingerprint density at radius 1 is 1.38 bits per heavy atom. The smallest absolute Gasteiger partial charge is 0.382 e. The summed E-state index contributed by atoms with van der Waals surface area (Å²) in [6.07, 6.45) is 6.54. The first-order chi connectivity index (χ1) is 6.29. The van der Waals surface area contributed by atoms with Crippen molar-refractivity contribution in [1.29, 1.82) is 0 Å². The third kappa shape index (κ3) is 2.13. The third-order valence-corrected chi connectivity index (χ3v) is 6.00. The predicted molar refractivity (Wildman–Crippen MR) is 55.3 cm³/mol. The molecule has 1 fully saturated rings. The van der Waals surface area contributed by atoms with Crippen molar-refractivity contribution < 1.29 is 8.85 Å². The fourth-order valence-corrected chi connectivity index (χ4v) is 4.50. The normalized spacial score (nSPS) is 21.6. The maximum atomic E-state index is 5.55. The minimum absolute atomic E-state index is 1.06. The molecule has 0 radical (unpaired) electrons. The van der Waals surface area contributed by atoms with Crippen molar-refractivity contribution >= 4 is 8.72 Å². The van der Waals surface area contributed by atoms with E-state index in [4.69, 9.17) is 8.85 Å². The first kappa shape index (κ1) is 10.8. The molecule has 0 spiro atoms. The summed E-state index contributed by atoms with van der Waals surface area (Å²) in [6.45, 7) is 3.21. The Bertz CT molecular complexity index is 180. The predicted octanol–water partition coefficient (Wildman–Crippen LogP) is 1.85. The second-order valence-electron chi connectivity index (χ2n) is 3.21. The molecular formula is C9H19NO2Si. The van der Waals surface area contributed by atoms with Crippen LogP contribution in [0.3, 0.4) is 0 Å². The Labute approximate surface area is 81.7 Å². The SMILES string of the molecule is CCC=CN1CCC[Si]1(OC)OC. The molecule has 76 valence electrons. The monoisotopic (exact) mass is 201 g/mol. The van der Waals surface area contributed by atoms with Gasteiger partial charge >= 0.3 is 8.72 Å². The molecule has 4 heteroatoms. The highest BCUT2D eigenvalue weighted by molar-refractivity contribution is 6.65. The summed E-state index contributed by atoms with van der Waals surface area (Å²) in [5.74, 6) is 0. The van der Waals surface area contributed by atoms with Gasteiger partial charge in [-0.2, -0.15) is 0 Å². The van der Waals surface area contributed by atoms with E-state index in [1.807, 2.05) is 0 Å². The molecule has 1 rings (SSSR count). The van der Waals surface area contributed by atoms with Gasteiger partial charge in [0.1, 0.15) is 0 Å². The second-order valence-corrected chi connectivity index (χ2v) is 6.53. The quantitative estimate of drug-likeness (QED) is 0.648. The topological polar surface area (TPSA) is 21.7 Å². The molecule has 1 aliphatic rings. The van der Waals surface area contributed by atoms with Gasteiger partial charge in [-0.05, 0) is 19.0 Å². The minimum atomic E-state index is -2.00. The first-order valence-corrected chi connectivity index (χ1v) is 6.80. The molecule has 0 aliphatic carbocycles. The van der Waals surface area contributed by atoms with Crippen LogP contribution in [0, 0.1) is 0 Å². The van der Waals surface area contributed by atoms with Gasteiger partial charge in [0, 0.05) is 26.8 Å². The van der Waals surface area contributed by atoms with Crippen LogP contribution in [-0.4, -0.2) is 34.1 Å². The van der Waals surface area contributed by atoms with Crippen molar-refractivity contribution in [2.24, 2.45) is 0 Å². The fourth-order valence-electron chi connectivity index (χ4n) is 1.73. The van der Waals surface area contributed by atoms with Crippen LogP contribution in [0.15, 0.2) is 12.3 Å². The summed E-state index contributed by atoms with van der Waals surface area (Å²) in [5, 5.41) is 0. The Kier molecular flexibility index (Phi) is 3.96. The number of hydrogen-bond donors (Lipinski definition) is 0. The van der Waals surface area contributed by atoms with Crippen LogP contribution >= 0.6 is 0 Å². The molecule has 0 aromatic heterocycles. The lowest BCUT2D eigenvalue weighted by atomic mass is 10.4. The van der Waals surface area contributed by atoms with E-state index < -0.39 is 8.72 Å². The van der Waals surface area contributed by atoms with E-state index in [0.29, 0.717) is 0 Å². The number of nitrogens with zero attached hydrogens (tertiary/aromatic N) is 1. The third-order valence-electron chi connectivity index (χ3n) is 2.49. The van der Waals surface area contributed by atoms with Gasteiger partial charge in [0.15, 0.2) is 0 Å². The molecule has 0 aromatic rings. The van der Waals surface area contributed by atoms with E-state index >= 15 is 0 Å². The van der Waals surface area contributed by atoms with Gasteiger partial charge in [-0.3, -0.25) is 0 Å². The van der Waals surface area contributed by atoms with Crippen LogP contribution in [-0.2, 0) is 8.85 Å². The Balaban J connectivity index is 2.66. The minimum Gasteiger partial charge on any atom is -0.382 e. The maximum Gasteiger partial charge on any atom is 0.458 e. The van der Waals surface area contributed by atoms with Crippen molar-refractivity contribution in [2.75, 3.05) is 20.8 Å². The molecule has 13 heavy (non-hydrogen) atoms. The van der Waals surface area contributed by atoms with Crippen molar-refractivity contribution in [3.05, 3.63) is 12.3 Å². The molecular weight excluding hydrogens is 182 g/mol. The van der Waals surface area contributed by atoms with E-state index in [0.717, 1.165) is 19.0 Å². The van der Waals surface area contributed by atoms with Crippen molar-refractivity contribution in [3.63, 3.8) is 0 Å². The number of allylic oxidation sites excluding steroid dienone is 1. The fraction of sp³-hybridized carbons (Fsp3) is 0.778. The van der Waals surface area contributed by atoms with Gasteiger partial charge in [-0.25, -0.2) is 0 Å². The summed E-state index contributed by atoms with van der Waals surface area (Å²) >= 11 is 0. The lowest BCUT2D eigenvalue weighted by molar-refractivity contribution is 0.203. The second kappa shape index (κ2) is 4.79. The Morgan fingerprint density at radius 3 is 2.62 bits per heavy atom. The average molecular weight is 201 g/mol. The maximum absolute atomic E-state index is 5.55. The van der Waals surface area contributed by atoms with Crippen LogP contribution < -0.4 is 0 Å². The van der Waals surface area contributed by atoms with Crippen LogP contribution in [0.1, 0.15) is 19.8 Å². The molecule has 1 aliphatic heterocycles. The highest BCUT2D eigenvalue weighted by Crippen LogP contribution is 2.27. The summed E-state index contributed by atoms with van der Waals surface area (Å²) in [4.78, 5) is 0. The van der Waals surface area contributed by atoms with Crippen LogP contribution in [0.2, 0.25) is 6.04 Å². The van der Waals surface area contributed by atoms with Gasteiger partial charge < -0.3 is 13.4 Å². The molecule has 3 nitrogen and oxygen atoms in total. The molecule has 0 amide bonds. The highest BCUT2D eigenvalue weighted by atomic mass is 28.4. The summed E-state index contributed by atoms with van der Waals surface area (Å²) in [5.41, 5.74) is 0. The molecule has 1 heterocycles. The Morgan fingerprint density at radius 2 is 2.08 bits per heavy atom. The first-order valence-electron chi connectivity index (χ1n) is 4.83. The molecule has 0 unspecified atom stereocenters. The summed E-state index contributed by atoms with van der Waals surface area (Å²) in [7, 11) is 1.52. The van der Waals surface area contributed by atoms with E-state index in [1.165, 1.54) is 6.42 Å². The zero-order valence-electron chi connectivity index (χ0n) is 8.75. The molecule has 0 bridgehead atoms. The van der Waals surface area contributed by atoms with Crippen LogP contribution in [0.25, 0.3) is 0 Å². The van der Waals surface area contributed by atoms with Gasteiger partial charge in [-0.1, -0.05) is 13.0 Å². The van der Waals surface area contributed by atoms with Gasteiger partial charge in [0.05, 0.1) is 0 Å². The zero-order valence-corrected chi connectivity index (χ0v) is 9.75. The zero-order chi connectivity index (χ0) is 9.73. The number of hydrogen-bond acceptors (Lipinski definition) is 3. The Hall–Kier alpha value is -0.323. The van der Waals surface area contributed by atoms with Crippen LogP contribution in [0.5, 0.6) is 0 Å². The van der Waals surface area contributed by atoms with Crippen molar-refractivity contribution in [1.82, 2.24) is 4.57 Å². The lowest BCUT2D eigenvalue weighted by Crippen LogP contribution is -2.50. The molecule has 0 N–H and O–H groups in total. The van der Waals surface area contributed by atoms with Crippen molar-refractivity contribution in [3.8, 4) is 0 Å². The lowest BCUT2D eigenvalue weighted by Gasteiger charge is -2.30. The van der Waals surface area contributed by atoms with E-state index in [1.54, 1.807) is 14.2 Å². The standard InChI is InChI=1S/C9H19NO2Si/c1-4-5-7-10-8-6-9-13(10,11-2)12-3/h5,7H,4,6,8-9H2,1-3H3. The molecule has 0 aromatic carbocycles. The molecule has 0 saturated carbocycles. The molecule has 0 atom stereocenters. The van der Waals surface area contributed by atoms with Gasteiger partial charge in [0.25, 0.3) is 0 Å². The average Bonchev–Trinajstić information content (AvgIpc) is 2.58. The summed E-state index contributed by atoms with van der Waals surface area (Å²) < 4.78 is 13.4. The van der Waals surface area contributed by atoms with Gasteiger partial charge in [-0.15, -0.1) is 0 Å². The van der Waals surface area contributed by atoms with E-state index in [2.05, 4.69) is 23.8 Å². The highest BCUT2D eigenvalue weighted by Gasteiger charge is 2.46. The van der Waals surface area contributed by atoms with Crippen molar-refractivity contribution in [2.45, 2.75) is 25.8 Å². The van der Waals surface area contributed by atoms with E-state index in [9.17, 15) is 0 Å².